The van der Waals surface area contributed by atoms with Gasteiger partial charge in [-0.3, -0.25) is 4.79 Å². The molecule has 1 aromatic carbocycles. The monoisotopic (exact) mass is 389 g/mol. The number of hydrogen-bond donors (Lipinski definition) is 2. The Labute approximate surface area is 162 Å². The first-order valence-electron chi connectivity index (χ1n) is 8.40. The highest BCUT2D eigenvalue weighted by Gasteiger charge is 2.29. The maximum absolute atomic E-state index is 12.1. The molecule has 0 radical (unpaired) electrons. The summed E-state index contributed by atoms with van der Waals surface area (Å²) in [7, 11) is 0. The topological polar surface area (TPSA) is 90.7 Å². The Hall–Kier alpha value is -2.11. The number of nitrogens with one attached hydrogen (secondary N) is 2. The molecule has 0 bridgehead atoms. The molecule has 0 aliphatic carbocycles. The van der Waals surface area contributed by atoms with E-state index in [0.717, 1.165) is 12.1 Å². The minimum Gasteiger partial charge on any atom is -0.337 e. The molecule has 8 heteroatoms. The van der Waals surface area contributed by atoms with Gasteiger partial charge in [0.2, 0.25) is 11.0 Å². The largest absolute Gasteiger partial charge is 0.337 e. The number of rotatable bonds is 8. The molecule has 1 heterocycles. The number of thioether (sulfide) groups is 1. The van der Waals surface area contributed by atoms with Crippen molar-refractivity contribution in [2.24, 2.45) is 5.92 Å². The molecule has 26 heavy (non-hydrogen) atoms. The summed E-state index contributed by atoms with van der Waals surface area (Å²) in [6, 6.07) is 10.3. The van der Waals surface area contributed by atoms with E-state index in [4.69, 9.17) is 0 Å². The van der Waals surface area contributed by atoms with Crippen LogP contribution in [0.5, 0.6) is 0 Å². The van der Waals surface area contributed by atoms with Crippen molar-refractivity contribution in [1.29, 1.82) is 5.26 Å². The molecular formula is C18H23N5OS2. The number of benzene rings is 1. The smallest absolute Gasteiger partial charge is 0.231 e. The highest BCUT2D eigenvalue weighted by Crippen LogP contribution is 2.28. The fourth-order valence-corrected chi connectivity index (χ4v) is 3.59. The SMILES string of the molecule is CCc1ccc(Nc2nnc(SCC(=O)NC(C)(C#N)C(C)C)s2)cc1. The van der Waals surface area contributed by atoms with Gasteiger partial charge in [-0.05, 0) is 37.0 Å². The second-order valence-corrected chi connectivity index (χ2v) is 8.55. The van der Waals surface area contributed by atoms with Gasteiger partial charge in [0.1, 0.15) is 5.54 Å². The molecule has 0 spiro atoms. The molecule has 0 saturated carbocycles. The Morgan fingerprint density at radius 1 is 1.35 bits per heavy atom. The molecule has 1 atom stereocenters. The molecule has 1 aromatic heterocycles. The standard InChI is InChI=1S/C18H23N5OS2/c1-5-13-6-8-14(9-7-13)20-16-22-23-17(26-16)25-10-15(24)21-18(4,11-19)12(2)3/h6-9,12H,5,10H2,1-4H3,(H,20,22)(H,21,24). The first-order valence-corrected chi connectivity index (χ1v) is 10.2. The average molecular weight is 390 g/mol. The zero-order chi connectivity index (χ0) is 19.2. The van der Waals surface area contributed by atoms with Crippen molar-refractivity contribution in [2.45, 2.75) is 44.0 Å². The number of anilines is 2. The Bertz CT molecular complexity index is 782. The molecular weight excluding hydrogens is 366 g/mol. The molecule has 0 saturated heterocycles. The van der Waals surface area contributed by atoms with Gasteiger partial charge >= 0.3 is 0 Å². The predicted molar refractivity (Wildman–Crippen MR) is 107 cm³/mol. The van der Waals surface area contributed by atoms with Crippen LogP contribution >= 0.6 is 23.1 Å². The van der Waals surface area contributed by atoms with E-state index in [9.17, 15) is 10.1 Å². The van der Waals surface area contributed by atoms with Gasteiger partial charge in [0.25, 0.3) is 0 Å². The predicted octanol–water partition coefficient (Wildman–Crippen LogP) is 3.99. The lowest BCUT2D eigenvalue weighted by molar-refractivity contribution is -0.120. The van der Waals surface area contributed by atoms with Crippen LogP contribution in [-0.4, -0.2) is 27.4 Å². The van der Waals surface area contributed by atoms with Gasteiger partial charge in [-0.2, -0.15) is 5.26 Å². The van der Waals surface area contributed by atoms with Crippen molar-refractivity contribution in [1.82, 2.24) is 15.5 Å². The number of aryl methyl sites for hydroxylation is 1. The van der Waals surface area contributed by atoms with E-state index in [2.05, 4.69) is 46.0 Å². The number of aromatic nitrogens is 2. The summed E-state index contributed by atoms with van der Waals surface area (Å²) in [5.74, 6) is 0.0367. The van der Waals surface area contributed by atoms with Crippen LogP contribution in [-0.2, 0) is 11.2 Å². The van der Waals surface area contributed by atoms with Crippen molar-refractivity contribution < 1.29 is 4.79 Å². The van der Waals surface area contributed by atoms with Gasteiger partial charge in [0, 0.05) is 5.69 Å². The maximum Gasteiger partial charge on any atom is 0.231 e. The maximum atomic E-state index is 12.1. The molecule has 0 fully saturated rings. The van der Waals surface area contributed by atoms with Crippen LogP contribution in [0.2, 0.25) is 0 Å². The second-order valence-electron chi connectivity index (χ2n) is 6.35. The third-order valence-corrected chi connectivity index (χ3v) is 6.10. The minimum atomic E-state index is -0.865. The summed E-state index contributed by atoms with van der Waals surface area (Å²) in [5.41, 5.74) is 1.37. The van der Waals surface area contributed by atoms with Crippen molar-refractivity contribution in [3.8, 4) is 6.07 Å². The van der Waals surface area contributed by atoms with Crippen LogP contribution in [0.4, 0.5) is 10.8 Å². The number of carbonyl (C=O) groups excluding carboxylic acids is 1. The summed E-state index contributed by atoms with van der Waals surface area (Å²) in [6.07, 6.45) is 1.00. The Morgan fingerprint density at radius 3 is 2.62 bits per heavy atom. The number of nitrogens with zero attached hydrogens (tertiary/aromatic N) is 3. The van der Waals surface area contributed by atoms with Gasteiger partial charge in [0.05, 0.1) is 11.8 Å². The molecule has 1 unspecified atom stereocenters. The van der Waals surface area contributed by atoms with Crippen molar-refractivity contribution in [3.05, 3.63) is 29.8 Å². The summed E-state index contributed by atoms with van der Waals surface area (Å²) >= 11 is 2.71. The molecule has 2 aromatic rings. The summed E-state index contributed by atoms with van der Waals surface area (Å²) < 4.78 is 0.705. The lowest BCUT2D eigenvalue weighted by Crippen LogP contribution is -2.49. The fraction of sp³-hybridized carbons (Fsp3) is 0.444. The van der Waals surface area contributed by atoms with Gasteiger partial charge < -0.3 is 10.6 Å². The molecule has 6 nitrogen and oxygen atoms in total. The Balaban J connectivity index is 1.88. The summed E-state index contributed by atoms with van der Waals surface area (Å²) in [4.78, 5) is 12.1. The van der Waals surface area contributed by atoms with Gasteiger partial charge in [-0.25, -0.2) is 0 Å². The molecule has 2 N–H and O–H groups in total. The Morgan fingerprint density at radius 2 is 2.04 bits per heavy atom. The third kappa shape index (κ3) is 5.44. The molecule has 138 valence electrons. The Kier molecular flexibility index (Phi) is 7.00. The number of hydrogen-bond acceptors (Lipinski definition) is 7. The third-order valence-electron chi connectivity index (χ3n) is 4.13. The van der Waals surface area contributed by atoms with E-state index in [-0.39, 0.29) is 17.6 Å². The van der Waals surface area contributed by atoms with Gasteiger partial charge in [-0.1, -0.05) is 56.0 Å². The molecule has 0 aliphatic heterocycles. The van der Waals surface area contributed by atoms with E-state index in [0.29, 0.717) is 9.47 Å². The van der Waals surface area contributed by atoms with E-state index >= 15 is 0 Å². The first kappa shape index (κ1) is 20.2. The van der Waals surface area contributed by atoms with Crippen LogP contribution < -0.4 is 10.6 Å². The van der Waals surface area contributed by atoms with Gasteiger partial charge in [-0.15, -0.1) is 10.2 Å². The zero-order valence-corrected chi connectivity index (χ0v) is 17.0. The van der Waals surface area contributed by atoms with E-state index in [1.807, 2.05) is 26.0 Å². The zero-order valence-electron chi connectivity index (χ0n) is 15.4. The number of carbonyl (C=O) groups is 1. The lowest BCUT2D eigenvalue weighted by atomic mass is 9.90. The van der Waals surface area contributed by atoms with Gasteiger partial charge in [0.15, 0.2) is 4.34 Å². The quantitative estimate of drug-likeness (QED) is 0.663. The van der Waals surface area contributed by atoms with E-state index in [1.54, 1.807) is 6.92 Å². The highest BCUT2D eigenvalue weighted by atomic mass is 32.2. The average Bonchev–Trinajstić information content (AvgIpc) is 3.07. The molecule has 1 amide bonds. The summed E-state index contributed by atoms with van der Waals surface area (Å²) in [5, 5.41) is 24.1. The molecule has 0 aliphatic rings. The fourth-order valence-electron chi connectivity index (χ4n) is 2.02. The van der Waals surface area contributed by atoms with Crippen LogP contribution in [0.3, 0.4) is 0 Å². The van der Waals surface area contributed by atoms with E-state index in [1.165, 1.54) is 28.7 Å². The summed E-state index contributed by atoms with van der Waals surface area (Å²) in [6.45, 7) is 7.67. The van der Waals surface area contributed by atoms with Crippen LogP contribution in [0.15, 0.2) is 28.6 Å². The van der Waals surface area contributed by atoms with Crippen LogP contribution in [0, 0.1) is 17.2 Å². The van der Waals surface area contributed by atoms with Crippen molar-refractivity contribution in [3.63, 3.8) is 0 Å². The molecule has 2 rings (SSSR count). The van der Waals surface area contributed by atoms with Crippen molar-refractivity contribution >= 4 is 39.8 Å². The minimum absolute atomic E-state index is 0.0258. The highest BCUT2D eigenvalue weighted by molar-refractivity contribution is 8.01. The number of amides is 1. The van der Waals surface area contributed by atoms with Crippen LogP contribution in [0.1, 0.15) is 33.3 Å². The van der Waals surface area contributed by atoms with E-state index < -0.39 is 5.54 Å². The lowest BCUT2D eigenvalue weighted by Gasteiger charge is -2.27. The number of nitriles is 1. The van der Waals surface area contributed by atoms with Crippen molar-refractivity contribution in [2.75, 3.05) is 11.1 Å². The normalized spacial score (nSPS) is 13.1. The van der Waals surface area contributed by atoms with Crippen LogP contribution in [0.25, 0.3) is 0 Å². The first-order chi connectivity index (χ1) is 12.4. The second kappa shape index (κ2) is 9.01.